The summed E-state index contributed by atoms with van der Waals surface area (Å²) in [4.78, 5) is 15.1. The summed E-state index contributed by atoms with van der Waals surface area (Å²) in [5.74, 6) is 0.712. The third-order valence-electron chi connectivity index (χ3n) is 4.91. The summed E-state index contributed by atoms with van der Waals surface area (Å²) < 4.78 is 0. The number of nitrogens with zero attached hydrogens (tertiary/aromatic N) is 2. The molecule has 0 aliphatic heterocycles. The van der Waals surface area contributed by atoms with Gasteiger partial charge >= 0.3 is 0 Å². The molecule has 1 aliphatic carbocycles. The first kappa shape index (κ1) is 23.1. The molecule has 1 fully saturated rings. The number of aliphatic imine (C=N–C) groups is 1. The minimum absolute atomic E-state index is 0. The van der Waals surface area contributed by atoms with Crippen molar-refractivity contribution in [2.75, 3.05) is 0 Å². The minimum atomic E-state index is -0.400. The second kappa shape index (κ2) is 11.7. The van der Waals surface area contributed by atoms with E-state index < -0.39 is 4.92 Å². The van der Waals surface area contributed by atoms with Crippen molar-refractivity contribution in [2.24, 2.45) is 4.99 Å². The van der Waals surface area contributed by atoms with Gasteiger partial charge in [0.05, 0.1) is 17.6 Å². The molecule has 0 heterocycles. The van der Waals surface area contributed by atoms with Crippen LogP contribution >= 0.6 is 24.0 Å². The van der Waals surface area contributed by atoms with E-state index in [1.54, 1.807) is 12.1 Å². The van der Waals surface area contributed by atoms with Gasteiger partial charge in [0.15, 0.2) is 5.96 Å². The molecule has 0 atom stereocenters. The Morgan fingerprint density at radius 3 is 2.31 bits per heavy atom. The molecule has 29 heavy (non-hydrogen) atoms. The zero-order chi connectivity index (χ0) is 19.8. The number of aliphatic hydroxyl groups is 1. The van der Waals surface area contributed by atoms with Crippen molar-refractivity contribution in [1.82, 2.24) is 10.6 Å². The number of benzene rings is 2. The van der Waals surface area contributed by atoms with Crippen LogP contribution in [-0.2, 0) is 13.1 Å². The Bertz CT molecular complexity index is 791. The second-order valence-electron chi connectivity index (χ2n) is 7.08. The normalized spacial score (nSPS) is 19.1. The van der Waals surface area contributed by atoms with Crippen LogP contribution in [0.25, 0.3) is 0 Å². The lowest BCUT2D eigenvalue weighted by molar-refractivity contribution is -0.384. The zero-order valence-corrected chi connectivity index (χ0v) is 18.5. The molecule has 7 nitrogen and oxygen atoms in total. The molecule has 3 rings (SSSR count). The van der Waals surface area contributed by atoms with Crippen LogP contribution in [0.3, 0.4) is 0 Å². The Kier molecular flexibility index (Phi) is 9.33. The first-order valence-electron chi connectivity index (χ1n) is 9.60. The summed E-state index contributed by atoms with van der Waals surface area (Å²) in [5.41, 5.74) is 2.15. The third kappa shape index (κ3) is 7.62. The molecule has 0 aromatic heterocycles. The Labute approximate surface area is 187 Å². The summed E-state index contributed by atoms with van der Waals surface area (Å²) in [5, 5.41) is 27.3. The number of non-ortho nitro benzene ring substituents is 1. The molecule has 1 aliphatic rings. The summed E-state index contributed by atoms with van der Waals surface area (Å²) >= 11 is 0. The van der Waals surface area contributed by atoms with Crippen molar-refractivity contribution < 1.29 is 10.0 Å². The molecule has 1 saturated carbocycles. The highest BCUT2D eigenvalue weighted by Gasteiger charge is 2.20. The summed E-state index contributed by atoms with van der Waals surface area (Å²) in [6, 6.07) is 16.8. The van der Waals surface area contributed by atoms with Gasteiger partial charge in [0.25, 0.3) is 5.69 Å². The summed E-state index contributed by atoms with van der Waals surface area (Å²) in [7, 11) is 0. The Morgan fingerprint density at radius 2 is 1.69 bits per heavy atom. The molecular formula is C21H27IN4O3. The van der Waals surface area contributed by atoms with Gasteiger partial charge in [0, 0.05) is 24.7 Å². The first-order valence-corrected chi connectivity index (χ1v) is 9.60. The minimum Gasteiger partial charge on any atom is -0.393 e. The fourth-order valence-corrected chi connectivity index (χ4v) is 3.24. The molecule has 0 spiro atoms. The van der Waals surface area contributed by atoms with E-state index >= 15 is 0 Å². The fraction of sp³-hybridized carbons (Fsp3) is 0.381. The van der Waals surface area contributed by atoms with Crippen LogP contribution in [0, 0.1) is 10.1 Å². The van der Waals surface area contributed by atoms with Crippen molar-refractivity contribution >= 4 is 35.6 Å². The molecular weight excluding hydrogens is 483 g/mol. The SMILES string of the molecule is I.O=[N+]([O-])c1ccc(CNC(=NCc2ccccc2)NC2CCC(O)CC2)cc1. The van der Waals surface area contributed by atoms with E-state index in [4.69, 9.17) is 4.99 Å². The molecule has 8 heteroatoms. The fourth-order valence-electron chi connectivity index (χ4n) is 3.24. The maximum Gasteiger partial charge on any atom is 0.269 e. The van der Waals surface area contributed by atoms with Gasteiger partial charge in [-0.3, -0.25) is 10.1 Å². The van der Waals surface area contributed by atoms with E-state index in [0.717, 1.165) is 36.8 Å². The molecule has 0 unspecified atom stereocenters. The maximum atomic E-state index is 10.8. The van der Waals surface area contributed by atoms with Crippen LogP contribution in [0.2, 0.25) is 0 Å². The van der Waals surface area contributed by atoms with Gasteiger partial charge in [0.1, 0.15) is 0 Å². The molecule has 3 N–H and O–H groups in total. The Morgan fingerprint density at radius 1 is 1.03 bits per heavy atom. The van der Waals surface area contributed by atoms with Crippen molar-refractivity contribution in [3.05, 3.63) is 75.8 Å². The van der Waals surface area contributed by atoms with Crippen molar-refractivity contribution in [1.29, 1.82) is 0 Å². The molecule has 2 aromatic rings. The predicted octanol–water partition coefficient (Wildman–Crippen LogP) is 3.75. The van der Waals surface area contributed by atoms with Gasteiger partial charge < -0.3 is 15.7 Å². The van der Waals surface area contributed by atoms with E-state index in [0.29, 0.717) is 19.0 Å². The predicted molar refractivity (Wildman–Crippen MR) is 124 cm³/mol. The lowest BCUT2D eigenvalue weighted by Gasteiger charge is -2.27. The average molecular weight is 510 g/mol. The van der Waals surface area contributed by atoms with Gasteiger partial charge in [-0.25, -0.2) is 4.99 Å². The van der Waals surface area contributed by atoms with E-state index in [-0.39, 0.29) is 41.8 Å². The number of hydrogen-bond acceptors (Lipinski definition) is 4. The number of nitrogens with one attached hydrogen (secondary N) is 2. The number of nitro groups is 1. The van der Waals surface area contributed by atoms with Crippen LogP contribution in [0.5, 0.6) is 0 Å². The van der Waals surface area contributed by atoms with Gasteiger partial charge in [-0.15, -0.1) is 24.0 Å². The lowest BCUT2D eigenvalue weighted by Crippen LogP contribution is -2.45. The van der Waals surface area contributed by atoms with Crippen LogP contribution in [-0.4, -0.2) is 28.1 Å². The molecule has 0 radical (unpaired) electrons. The first-order chi connectivity index (χ1) is 13.6. The van der Waals surface area contributed by atoms with Gasteiger partial charge in [-0.05, 0) is 36.8 Å². The number of guanidine groups is 1. The number of hydrogen-bond donors (Lipinski definition) is 3. The van der Waals surface area contributed by atoms with E-state index in [2.05, 4.69) is 10.6 Å². The largest absolute Gasteiger partial charge is 0.393 e. The average Bonchev–Trinajstić information content (AvgIpc) is 2.72. The lowest BCUT2D eigenvalue weighted by atomic mass is 9.93. The molecule has 156 valence electrons. The van der Waals surface area contributed by atoms with Gasteiger partial charge in [-0.1, -0.05) is 42.5 Å². The van der Waals surface area contributed by atoms with E-state index in [1.807, 2.05) is 30.3 Å². The number of halogens is 1. The quantitative estimate of drug-likeness (QED) is 0.181. The standard InChI is InChI=1S/C21H26N4O3.HI/c26-20-12-8-18(9-13-20)24-21(22-14-16-4-2-1-3-5-16)23-15-17-6-10-19(11-7-17)25(27)28;/h1-7,10-11,18,20,26H,8-9,12-15H2,(H2,22,23,24);1H. The molecule has 0 amide bonds. The number of rotatable bonds is 6. The highest BCUT2D eigenvalue weighted by molar-refractivity contribution is 14.0. The van der Waals surface area contributed by atoms with Crippen LogP contribution < -0.4 is 10.6 Å². The van der Waals surface area contributed by atoms with E-state index in [9.17, 15) is 15.2 Å². The summed E-state index contributed by atoms with van der Waals surface area (Å²) in [6.45, 7) is 1.08. The molecule has 2 aromatic carbocycles. The van der Waals surface area contributed by atoms with Crippen LogP contribution in [0.15, 0.2) is 59.6 Å². The Hall–Kier alpha value is -2.20. The van der Waals surface area contributed by atoms with Crippen molar-refractivity contribution in [3.8, 4) is 0 Å². The molecule has 0 bridgehead atoms. The second-order valence-corrected chi connectivity index (χ2v) is 7.08. The smallest absolute Gasteiger partial charge is 0.269 e. The Balaban J connectivity index is 0.00000300. The monoisotopic (exact) mass is 510 g/mol. The summed E-state index contributed by atoms with van der Waals surface area (Å²) in [6.07, 6.45) is 3.21. The van der Waals surface area contributed by atoms with Crippen molar-refractivity contribution in [3.63, 3.8) is 0 Å². The maximum absolute atomic E-state index is 10.8. The zero-order valence-electron chi connectivity index (χ0n) is 16.2. The van der Waals surface area contributed by atoms with Crippen molar-refractivity contribution in [2.45, 2.75) is 50.9 Å². The van der Waals surface area contributed by atoms with E-state index in [1.165, 1.54) is 12.1 Å². The highest BCUT2D eigenvalue weighted by Crippen LogP contribution is 2.18. The number of nitro benzene ring substituents is 1. The number of aliphatic hydroxyl groups excluding tert-OH is 1. The highest BCUT2D eigenvalue weighted by atomic mass is 127. The third-order valence-corrected chi connectivity index (χ3v) is 4.91. The topological polar surface area (TPSA) is 99.8 Å². The van der Waals surface area contributed by atoms with Gasteiger partial charge in [0.2, 0.25) is 0 Å². The van der Waals surface area contributed by atoms with Gasteiger partial charge in [-0.2, -0.15) is 0 Å². The molecule has 0 saturated heterocycles. The van der Waals surface area contributed by atoms with Crippen LogP contribution in [0.1, 0.15) is 36.8 Å². The van der Waals surface area contributed by atoms with Crippen LogP contribution in [0.4, 0.5) is 5.69 Å².